The molecular weight excluding hydrogens is 210 g/mol. The summed E-state index contributed by atoms with van der Waals surface area (Å²) in [6.45, 7) is 0.355. The molecule has 0 aliphatic rings. The van der Waals surface area contributed by atoms with Crippen LogP contribution in [-0.4, -0.2) is 9.97 Å². The summed E-state index contributed by atoms with van der Waals surface area (Å²) in [6, 6.07) is 9.69. The van der Waals surface area contributed by atoms with Crippen LogP contribution in [0.25, 0.3) is 11.4 Å². The Kier molecular flexibility index (Phi) is 2.94. The van der Waals surface area contributed by atoms with Gasteiger partial charge in [0.05, 0.1) is 0 Å². The van der Waals surface area contributed by atoms with Gasteiger partial charge in [-0.3, -0.25) is 0 Å². The lowest BCUT2D eigenvalue weighted by Gasteiger charge is -2.03. The quantitative estimate of drug-likeness (QED) is 0.789. The molecule has 1 aromatic carbocycles. The summed E-state index contributed by atoms with van der Waals surface area (Å²) in [5.41, 5.74) is 7.18. The minimum Gasteiger partial charge on any atom is -0.326 e. The average molecular weight is 220 g/mol. The molecule has 0 fully saturated rings. The van der Waals surface area contributed by atoms with Gasteiger partial charge in [-0.15, -0.1) is 0 Å². The van der Waals surface area contributed by atoms with Gasteiger partial charge >= 0.3 is 0 Å². The van der Waals surface area contributed by atoms with Gasteiger partial charge in [0.1, 0.15) is 5.15 Å². The fourth-order valence-corrected chi connectivity index (χ4v) is 1.46. The Labute approximate surface area is 92.9 Å². The molecule has 3 nitrogen and oxygen atoms in total. The average Bonchev–Trinajstić information content (AvgIpc) is 2.30. The molecule has 0 spiro atoms. The van der Waals surface area contributed by atoms with E-state index < -0.39 is 0 Å². The number of hydrogen-bond acceptors (Lipinski definition) is 3. The van der Waals surface area contributed by atoms with Crippen LogP contribution in [0.15, 0.2) is 36.5 Å². The number of nitrogens with zero attached hydrogens (tertiary/aromatic N) is 2. The Morgan fingerprint density at radius 2 is 1.93 bits per heavy atom. The van der Waals surface area contributed by atoms with Crippen molar-refractivity contribution in [3.63, 3.8) is 0 Å². The van der Waals surface area contributed by atoms with Crippen LogP contribution in [0, 0.1) is 0 Å². The van der Waals surface area contributed by atoms with Gasteiger partial charge in [-0.1, -0.05) is 41.9 Å². The van der Waals surface area contributed by atoms with E-state index in [9.17, 15) is 0 Å². The van der Waals surface area contributed by atoms with E-state index in [1.807, 2.05) is 30.3 Å². The van der Waals surface area contributed by atoms with Gasteiger partial charge < -0.3 is 5.73 Å². The predicted octanol–water partition coefficient (Wildman–Crippen LogP) is 2.26. The summed E-state index contributed by atoms with van der Waals surface area (Å²) < 4.78 is 0. The summed E-state index contributed by atoms with van der Waals surface area (Å²) in [4.78, 5) is 8.39. The zero-order chi connectivity index (χ0) is 10.7. The molecule has 0 saturated heterocycles. The van der Waals surface area contributed by atoms with E-state index >= 15 is 0 Å². The van der Waals surface area contributed by atoms with Gasteiger partial charge in [-0.2, -0.15) is 0 Å². The van der Waals surface area contributed by atoms with E-state index in [1.165, 1.54) is 0 Å². The normalized spacial score (nSPS) is 10.3. The summed E-state index contributed by atoms with van der Waals surface area (Å²) >= 11 is 5.95. The highest BCUT2D eigenvalue weighted by Crippen LogP contribution is 2.18. The van der Waals surface area contributed by atoms with Gasteiger partial charge in [0, 0.05) is 23.9 Å². The van der Waals surface area contributed by atoms with Crippen LogP contribution in [0.5, 0.6) is 0 Å². The molecule has 2 N–H and O–H groups in total. The molecule has 0 radical (unpaired) electrons. The lowest BCUT2D eigenvalue weighted by molar-refractivity contribution is 1.01. The van der Waals surface area contributed by atoms with Crippen molar-refractivity contribution < 1.29 is 0 Å². The minimum absolute atomic E-state index is 0.355. The summed E-state index contributed by atoms with van der Waals surface area (Å²) in [5, 5.41) is 0.423. The molecular formula is C11H10ClN3. The van der Waals surface area contributed by atoms with Gasteiger partial charge in [-0.25, -0.2) is 9.97 Å². The third-order valence-corrected chi connectivity index (χ3v) is 2.39. The molecule has 1 aromatic heterocycles. The number of nitrogens with two attached hydrogens (primary N) is 1. The zero-order valence-corrected chi connectivity index (χ0v) is 8.78. The predicted molar refractivity (Wildman–Crippen MR) is 60.4 cm³/mol. The van der Waals surface area contributed by atoms with Gasteiger partial charge in [0.2, 0.25) is 0 Å². The van der Waals surface area contributed by atoms with Crippen LogP contribution in [0.4, 0.5) is 0 Å². The second-order valence-corrected chi connectivity index (χ2v) is 3.44. The third kappa shape index (κ3) is 2.14. The number of rotatable bonds is 2. The van der Waals surface area contributed by atoms with Crippen LogP contribution in [-0.2, 0) is 6.54 Å². The Hall–Kier alpha value is -1.45. The Bertz CT molecular complexity index is 457. The molecule has 2 aromatic rings. The standard InChI is InChI=1S/C11H10ClN3/c12-10-9(6-13)7-14-11(15-10)8-4-2-1-3-5-8/h1-5,7H,6,13H2. The van der Waals surface area contributed by atoms with Crippen molar-refractivity contribution >= 4 is 11.6 Å². The third-order valence-electron chi connectivity index (χ3n) is 2.06. The van der Waals surface area contributed by atoms with E-state index in [1.54, 1.807) is 6.20 Å². The van der Waals surface area contributed by atoms with Crippen LogP contribution in [0.3, 0.4) is 0 Å². The maximum atomic E-state index is 5.95. The largest absolute Gasteiger partial charge is 0.326 e. The van der Waals surface area contributed by atoms with E-state index in [0.717, 1.165) is 11.1 Å². The molecule has 1 heterocycles. The lowest BCUT2D eigenvalue weighted by atomic mass is 10.2. The van der Waals surface area contributed by atoms with Crippen LogP contribution in [0.2, 0.25) is 5.15 Å². The van der Waals surface area contributed by atoms with Gasteiger partial charge in [0.15, 0.2) is 5.82 Å². The molecule has 0 aliphatic heterocycles. The molecule has 0 saturated carbocycles. The van der Waals surface area contributed by atoms with Crippen molar-refractivity contribution in [2.24, 2.45) is 5.73 Å². The number of halogens is 1. The van der Waals surface area contributed by atoms with E-state index in [0.29, 0.717) is 17.5 Å². The maximum absolute atomic E-state index is 5.95. The van der Waals surface area contributed by atoms with Crippen molar-refractivity contribution in [2.45, 2.75) is 6.54 Å². The van der Waals surface area contributed by atoms with Crippen LogP contribution >= 0.6 is 11.6 Å². The summed E-state index contributed by atoms with van der Waals surface area (Å²) in [7, 11) is 0. The molecule has 0 atom stereocenters. The molecule has 15 heavy (non-hydrogen) atoms. The van der Waals surface area contributed by atoms with Crippen molar-refractivity contribution in [2.75, 3.05) is 0 Å². The highest BCUT2D eigenvalue weighted by atomic mass is 35.5. The molecule has 0 bridgehead atoms. The van der Waals surface area contributed by atoms with Crippen molar-refractivity contribution in [3.05, 3.63) is 47.2 Å². The van der Waals surface area contributed by atoms with Crippen molar-refractivity contribution in [1.29, 1.82) is 0 Å². The smallest absolute Gasteiger partial charge is 0.160 e. The zero-order valence-electron chi connectivity index (χ0n) is 8.02. The molecule has 0 unspecified atom stereocenters. The Balaban J connectivity index is 2.43. The molecule has 4 heteroatoms. The number of benzene rings is 1. The molecule has 2 rings (SSSR count). The Morgan fingerprint density at radius 1 is 1.20 bits per heavy atom. The van der Waals surface area contributed by atoms with Crippen molar-refractivity contribution in [3.8, 4) is 11.4 Å². The van der Waals surface area contributed by atoms with Crippen molar-refractivity contribution in [1.82, 2.24) is 9.97 Å². The van der Waals surface area contributed by atoms with Crippen LogP contribution < -0.4 is 5.73 Å². The number of aromatic nitrogens is 2. The summed E-state index contributed by atoms with van der Waals surface area (Å²) in [6.07, 6.45) is 1.66. The fourth-order valence-electron chi connectivity index (χ4n) is 1.25. The van der Waals surface area contributed by atoms with Gasteiger partial charge in [0.25, 0.3) is 0 Å². The summed E-state index contributed by atoms with van der Waals surface area (Å²) in [5.74, 6) is 0.623. The molecule has 76 valence electrons. The first-order valence-corrected chi connectivity index (χ1v) is 4.96. The van der Waals surface area contributed by atoms with E-state index in [2.05, 4.69) is 9.97 Å². The fraction of sp³-hybridized carbons (Fsp3) is 0.0909. The highest BCUT2D eigenvalue weighted by molar-refractivity contribution is 6.30. The second kappa shape index (κ2) is 4.38. The lowest BCUT2D eigenvalue weighted by Crippen LogP contribution is -2.01. The van der Waals surface area contributed by atoms with E-state index in [4.69, 9.17) is 17.3 Å². The molecule has 0 aliphatic carbocycles. The first-order valence-electron chi connectivity index (χ1n) is 4.58. The van der Waals surface area contributed by atoms with E-state index in [-0.39, 0.29) is 0 Å². The first kappa shape index (κ1) is 10.1. The van der Waals surface area contributed by atoms with Crippen LogP contribution in [0.1, 0.15) is 5.56 Å². The minimum atomic E-state index is 0.355. The Morgan fingerprint density at radius 3 is 2.53 bits per heavy atom. The monoisotopic (exact) mass is 219 g/mol. The highest BCUT2D eigenvalue weighted by Gasteiger charge is 2.04. The molecule has 0 amide bonds. The SMILES string of the molecule is NCc1cnc(-c2ccccc2)nc1Cl. The number of hydrogen-bond donors (Lipinski definition) is 1. The maximum Gasteiger partial charge on any atom is 0.160 e. The first-order chi connectivity index (χ1) is 7.31. The van der Waals surface area contributed by atoms with Gasteiger partial charge in [-0.05, 0) is 0 Å². The second-order valence-electron chi connectivity index (χ2n) is 3.08. The topological polar surface area (TPSA) is 51.8 Å².